The van der Waals surface area contributed by atoms with Crippen LogP contribution in [0.3, 0.4) is 0 Å². The Morgan fingerprint density at radius 3 is 2.81 bits per heavy atom. The minimum atomic E-state index is -0.542. The SMILES string of the molecule is CC#CCN1C(=O)C(=O)c2cc(Cl)ccc21. The number of halogens is 1. The van der Waals surface area contributed by atoms with Crippen LogP contribution in [0.5, 0.6) is 0 Å². The summed E-state index contributed by atoms with van der Waals surface area (Å²) in [7, 11) is 0. The highest BCUT2D eigenvalue weighted by Crippen LogP contribution is 2.30. The zero-order valence-electron chi connectivity index (χ0n) is 8.58. The molecule has 0 fully saturated rings. The Morgan fingerprint density at radius 2 is 2.12 bits per heavy atom. The van der Waals surface area contributed by atoms with E-state index in [0.717, 1.165) is 0 Å². The number of rotatable bonds is 1. The summed E-state index contributed by atoms with van der Waals surface area (Å²) in [6.07, 6.45) is 0. The van der Waals surface area contributed by atoms with Crippen LogP contribution in [0.25, 0.3) is 0 Å². The van der Waals surface area contributed by atoms with Crippen molar-refractivity contribution in [2.75, 3.05) is 11.4 Å². The lowest BCUT2D eigenvalue weighted by molar-refractivity contribution is -0.114. The van der Waals surface area contributed by atoms with Gasteiger partial charge in [-0.1, -0.05) is 17.5 Å². The maximum Gasteiger partial charge on any atom is 0.300 e. The summed E-state index contributed by atoms with van der Waals surface area (Å²) in [4.78, 5) is 24.6. The molecule has 0 N–H and O–H groups in total. The topological polar surface area (TPSA) is 37.4 Å². The molecule has 1 aromatic rings. The second-order valence-corrected chi connectivity index (χ2v) is 3.75. The number of fused-ring (bicyclic) bond motifs is 1. The maximum atomic E-state index is 11.6. The van der Waals surface area contributed by atoms with Gasteiger partial charge in [0.25, 0.3) is 11.7 Å². The van der Waals surface area contributed by atoms with Crippen molar-refractivity contribution < 1.29 is 9.59 Å². The first-order chi connectivity index (χ1) is 7.65. The van der Waals surface area contributed by atoms with E-state index in [2.05, 4.69) is 11.8 Å². The molecule has 1 aliphatic heterocycles. The van der Waals surface area contributed by atoms with Crippen molar-refractivity contribution in [3.05, 3.63) is 28.8 Å². The normalized spacial score (nSPS) is 13.5. The molecule has 3 nitrogen and oxygen atoms in total. The van der Waals surface area contributed by atoms with E-state index in [4.69, 9.17) is 11.6 Å². The van der Waals surface area contributed by atoms with Gasteiger partial charge in [0.2, 0.25) is 0 Å². The third-order valence-corrected chi connectivity index (χ3v) is 2.58. The zero-order chi connectivity index (χ0) is 11.7. The van der Waals surface area contributed by atoms with Gasteiger partial charge in [-0.15, -0.1) is 5.92 Å². The van der Waals surface area contributed by atoms with E-state index in [0.29, 0.717) is 16.3 Å². The van der Waals surface area contributed by atoms with E-state index >= 15 is 0 Å². The largest absolute Gasteiger partial charge is 0.300 e. The number of anilines is 1. The molecule has 0 spiro atoms. The third kappa shape index (κ3) is 1.58. The molecule has 4 heteroatoms. The third-order valence-electron chi connectivity index (χ3n) is 2.35. The van der Waals surface area contributed by atoms with E-state index in [1.807, 2.05) is 0 Å². The molecule has 80 valence electrons. The second-order valence-electron chi connectivity index (χ2n) is 3.31. The number of hydrogen-bond acceptors (Lipinski definition) is 2. The highest BCUT2D eigenvalue weighted by Gasteiger charge is 2.35. The predicted molar refractivity (Wildman–Crippen MR) is 61.6 cm³/mol. The number of ketones is 1. The monoisotopic (exact) mass is 233 g/mol. The van der Waals surface area contributed by atoms with Crippen LogP contribution in [0.4, 0.5) is 5.69 Å². The summed E-state index contributed by atoms with van der Waals surface area (Å²) in [6.45, 7) is 1.92. The van der Waals surface area contributed by atoms with Crippen LogP contribution in [0.15, 0.2) is 18.2 Å². The first-order valence-electron chi connectivity index (χ1n) is 4.70. The van der Waals surface area contributed by atoms with Crippen molar-refractivity contribution >= 4 is 29.0 Å². The summed E-state index contributed by atoms with van der Waals surface area (Å²) < 4.78 is 0. The van der Waals surface area contributed by atoms with Crippen molar-refractivity contribution in [1.29, 1.82) is 0 Å². The second kappa shape index (κ2) is 3.99. The molecule has 1 aliphatic rings. The molecule has 1 amide bonds. The minimum absolute atomic E-state index is 0.232. The van der Waals surface area contributed by atoms with Gasteiger partial charge >= 0.3 is 0 Å². The first kappa shape index (κ1) is 10.7. The highest BCUT2D eigenvalue weighted by atomic mass is 35.5. The number of carbonyl (C=O) groups excluding carboxylic acids is 2. The maximum absolute atomic E-state index is 11.6. The Kier molecular flexibility index (Phi) is 2.67. The summed E-state index contributed by atoms with van der Waals surface area (Å²) in [5.74, 6) is 4.40. The van der Waals surface area contributed by atoms with E-state index in [9.17, 15) is 9.59 Å². The Bertz CT molecular complexity index is 540. The quantitative estimate of drug-likeness (QED) is 0.549. The number of amides is 1. The first-order valence-corrected chi connectivity index (χ1v) is 5.08. The van der Waals surface area contributed by atoms with Gasteiger partial charge in [-0.25, -0.2) is 0 Å². The lowest BCUT2D eigenvalue weighted by Gasteiger charge is -2.12. The molecular formula is C12H8ClNO2. The molecule has 0 atom stereocenters. The lowest BCUT2D eigenvalue weighted by atomic mass is 10.1. The molecule has 1 heterocycles. The van der Waals surface area contributed by atoms with Crippen LogP contribution in [-0.4, -0.2) is 18.2 Å². The van der Waals surface area contributed by atoms with Crippen LogP contribution in [0.1, 0.15) is 17.3 Å². The van der Waals surface area contributed by atoms with E-state index < -0.39 is 11.7 Å². The fourth-order valence-electron chi connectivity index (χ4n) is 1.59. The molecule has 0 aliphatic carbocycles. The summed E-state index contributed by atoms with van der Waals surface area (Å²) in [6, 6.07) is 4.83. The van der Waals surface area contributed by atoms with Crippen molar-refractivity contribution in [3.63, 3.8) is 0 Å². The van der Waals surface area contributed by atoms with Crippen LogP contribution < -0.4 is 4.90 Å². The fourth-order valence-corrected chi connectivity index (χ4v) is 1.76. The average Bonchev–Trinajstić information content (AvgIpc) is 2.50. The molecule has 0 aromatic heterocycles. The van der Waals surface area contributed by atoms with Crippen LogP contribution in [0.2, 0.25) is 5.02 Å². The number of nitrogens with zero attached hydrogens (tertiary/aromatic N) is 1. The fraction of sp³-hybridized carbons (Fsp3) is 0.167. The van der Waals surface area contributed by atoms with Gasteiger partial charge in [-0.2, -0.15) is 0 Å². The smallest absolute Gasteiger partial charge is 0.293 e. The van der Waals surface area contributed by atoms with Gasteiger partial charge in [0.1, 0.15) is 0 Å². The lowest BCUT2D eigenvalue weighted by Crippen LogP contribution is -2.29. The van der Waals surface area contributed by atoms with Gasteiger partial charge in [-0.05, 0) is 25.1 Å². The Balaban J connectivity index is 2.48. The molecule has 0 saturated heterocycles. The standard InChI is InChI=1S/C12H8ClNO2/c1-2-3-6-14-10-5-4-8(13)7-9(10)11(15)12(14)16/h4-5,7H,6H2,1H3. The van der Waals surface area contributed by atoms with Crippen LogP contribution in [-0.2, 0) is 4.79 Å². The Labute approximate surface area is 98.0 Å². The summed E-state index contributed by atoms with van der Waals surface area (Å²) >= 11 is 5.78. The number of benzene rings is 1. The molecule has 0 bridgehead atoms. The summed E-state index contributed by atoms with van der Waals surface area (Å²) in [5, 5.41) is 0.448. The van der Waals surface area contributed by atoms with E-state index in [-0.39, 0.29) is 6.54 Å². The minimum Gasteiger partial charge on any atom is -0.293 e. The molecule has 0 saturated carbocycles. The molecular weight excluding hydrogens is 226 g/mol. The molecule has 1 aromatic carbocycles. The Morgan fingerprint density at radius 1 is 1.38 bits per heavy atom. The molecule has 0 radical (unpaired) electrons. The van der Waals surface area contributed by atoms with Crippen LogP contribution in [0, 0.1) is 11.8 Å². The number of carbonyl (C=O) groups is 2. The van der Waals surface area contributed by atoms with Crippen molar-refractivity contribution in [1.82, 2.24) is 0 Å². The summed E-state index contributed by atoms with van der Waals surface area (Å²) in [5.41, 5.74) is 0.942. The van der Waals surface area contributed by atoms with Gasteiger partial charge in [0.05, 0.1) is 17.8 Å². The van der Waals surface area contributed by atoms with Crippen molar-refractivity contribution in [2.45, 2.75) is 6.92 Å². The van der Waals surface area contributed by atoms with E-state index in [1.54, 1.807) is 19.1 Å². The number of Topliss-reactive ketones (excluding diaryl/α,β-unsaturated/α-hetero) is 1. The predicted octanol–water partition coefficient (Wildman–Crippen LogP) is 1.89. The number of hydrogen-bond donors (Lipinski definition) is 0. The molecule has 16 heavy (non-hydrogen) atoms. The van der Waals surface area contributed by atoms with Crippen molar-refractivity contribution in [2.24, 2.45) is 0 Å². The van der Waals surface area contributed by atoms with Crippen LogP contribution >= 0.6 is 11.6 Å². The molecule has 0 unspecified atom stereocenters. The Hall–Kier alpha value is -1.79. The van der Waals surface area contributed by atoms with Gasteiger partial charge in [-0.3, -0.25) is 14.5 Å². The van der Waals surface area contributed by atoms with Gasteiger partial charge in [0.15, 0.2) is 0 Å². The average molecular weight is 234 g/mol. The van der Waals surface area contributed by atoms with Crippen molar-refractivity contribution in [3.8, 4) is 11.8 Å². The van der Waals surface area contributed by atoms with E-state index in [1.165, 1.54) is 11.0 Å². The van der Waals surface area contributed by atoms with Gasteiger partial charge < -0.3 is 0 Å². The van der Waals surface area contributed by atoms with Gasteiger partial charge in [0, 0.05) is 5.02 Å². The zero-order valence-corrected chi connectivity index (χ0v) is 9.34. The highest BCUT2D eigenvalue weighted by molar-refractivity contribution is 6.52. The molecule has 2 rings (SSSR count).